The topological polar surface area (TPSA) is 41.6 Å². The number of hydrogen-bond donors (Lipinski definition) is 1. The third-order valence-electron chi connectivity index (χ3n) is 3.89. The standard InChI is InChI=1S/C19H16ClF3N2O2S/c1-12-4-6-15(27-12)11-25(10-14-3-2-8-26-14)18(28)24-17-7-5-13(20)9-16(17)19(21,22)23/h2-9H,10-11H2,1H3,(H,24,28). The summed E-state index contributed by atoms with van der Waals surface area (Å²) in [5.41, 5.74) is -1.07. The summed E-state index contributed by atoms with van der Waals surface area (Å²) < 4.78 is 51.0. The van der Waals surface area contributed by atoms with Gasteiger partial charge in [-0.2, -0.15) is 13.2 Å². The van der Waals surface area contributed by atoms with Gasteiger partial charge in [-0.05, 0) is 61.6 Å². The van der Waals surface area contributed by atoms with Gasteiger partial charge >= 0.3 is 6.18 Å². The van der Waals surface area contributed by atoms with Crippen LogP contribution in [0.4, 0.5) is 18.9 Å². The minimum absolute atomic E-state index is 0.0118. The lowest BCUT2D eigenvalue weighted by Crippen LogP contribution is -2.34. The van der Waals surface area contributed by atoms with Gasteiger partial charge in [-0.1, -0.05) is 11.6 Å². The molecule has 0 saturated heterocycles. The molecule has 9 heteroatoms. The highest BCUT2D eigenvalue weighted by molar-refractivity contribution is 7.80. The van der Waals surface area contributed by atoms with Crippen LogP contribution in [0.15, 0.2) is 57.6 Å². The molecule has 0 fully saturated rings. The van der Waals surface area contributed by atoms with Crippen LogP contribution in [-0.2, 0) is 19.3 Å². The van der Waals surface area contributed by atoms with Gasteiger partial charge < -0.3 is 19.1 Å². The molecule has 0 aliphatic heterocycles. The minimum atomic E-state index is -4.58. The van der Waals surface area contributed by atoms with E-state index in [0.717, 1.165) is 11.8 Å². The van der Waals surface area contributed by atoms with E-state index in [1.807, 2.05) is 0 Å². The van der Waals surface area contributed by atoms with Crippen LogP contribution < -0.4 is 5.32 Å². The van der Waals surface area contributed by atoms with Crippen LogP contribution in [0.5, 0.6) is 0 Å². The number of aryl methyl sites for hydroxylation is 1. The van der Waals surface area contributed by atoms with Crippen molar-refractivity contribution in [2.24, 2.45) is 0 Å². The van der Waals surface area contributed by atoms with Crippen LogP contribution in [0.2, 0.25) is 5.02 Å². The van der Waals surface area contributed by atoms with Gasteiger partial charge in [0.05, 0.1) is 30.6 Å². The average molecular weight is 429 g/mol. The number of anilines is 1. The van der Waals surface area contributed by atoms with Crippen molar-refractivity contribution in [3.8, 4) is 0 Å². The maximum Gasteiger partial charge on any atom is 0.418 e. The van der Waals surface area contributed by atoms with Gasteiger partial charge in [0, 0.05) is 5.02 Å². The Bertz CT molecular complexity index is 954. The Morgan fingerprint density at radius 1 is 1.14 bits per heavy atom. The van der Waals surface area contributed by atoms with Crippen molar-refractivity contribution in [2.45, 2.75) is 26.2 Å². The normalized spacial score (nSPS) is 11.5. The molecule has 0 unspecified atom stereocenters. The van der Waals surface area contributed by atoms with Crippen LogP contribution in [0.25, 0.3) is 0 Å². The van der Waals surface area contributed by atoms with Gasteiger partial charge in [-0.15, -0.1) is 0 Å². The fourth-order valence-electron chi connectivity index (χ4n) is 2.60. The molecular formula is C19H16ClF3N2O2S. The van der Waals surface area contributed by atoms with Crippen molar-refractivity contribution in [2.75, 3.05) is 5.32 Å². The minimum Gasteiger partial charge on any atom is -0.467 e. The summed E-state index contributed by atoms with van der Waals surface area (Å²) in [5.74, 6) is 1.96. The number of nitrogens with zero attached hydrogens (tertiary/aromatic N) is 1. The Hall–Kier alpha value is -2.45. The molecule has 1 N–H and O–H groups in total. The summed E-state index contributed by atoms with van der Waals surface area (Å²) in [6, 6.07) is 10.6. The van der Waals surface area contributed by atoms with E-state index in [0.29, 0.717) is 11.5 Å². The first-order valence-corrected chi connectivity index (χ1v) is 9.01. The van der Waals surface area contributed by atoms with E-state index in [-0.39, 0.29) is 28.9 Å². The molecule has 2 heterocycles. The molecule has 0 radical (unpaired) electrons. The summed E-state index contributed by atoms with van der Waals surface area (Å²) in [4.78, 5) is 1.65. The molecule has 0 saturated carbocycles. The van der Waals surface area contributed by atoms with Gasteiger partial charge in [0.15, 0.2) is 5.11 Å². The molecule has 0 atom stereocenters. The lowest BCUT2D eigenvalue weighted by atomic mass is 10.1. The second kappa shape index (κ2) is 8.28. The molecule has 0 bridgehead atoms. The molecule has 1 aromatic carbocycles. The third-order valence-corrected chi connectivity index (χ3v) is 4.48. The smallest absolute Gasteiger partial charge is 0.418 e. The predicted octanol–water partition coefficient (Wildman–Crippen LogP) is 6.25. The highest BCUT2D eigenvalue weighted by Gasteiger charge is 2.34. The molecule has 3 aromatic rings. The molecule has 0 amide bonds. The Balaban J connectivity index is 1.85. The van der Waals surface area contributed by atoms with Gasteiger partial charge in [0.2, 0.25) is 0 Å². The van der Waals surface area contributed by atoms with Crippen molar-refractivity contribution >= 4 is 34.6 Å². The molecule has 3 rings (SSSR count). The monoisotopic (exact) mass is 428 g/mol. The zero-order valence-corrected chi connectivity index (χ0v) is 16.3. The summed E-state index contributed by atoms with van der Waals surface area (Å²) in [6.07, 6.45) is -3.06. The van der Waals surface area contributed by atoms with Crippen LogP contribution in [-0.4, -0.2) is 10.0 Å². The summed E-state index contributed by atoms with van der Waals surface area (Å²) in [7, 11) is 0. The van der Waals surface area contributed by atoms with E-state index in [1.54, 1.807) is 36.1 Å². The Kier molecular flexibility index (Phi) is 6.00. The number of nitrogens with one attached hydrogen (secondary N) is 1. The van der Waals surface area contributed by atoms with Gasteiger partial charge in [-0.25, -0.2) is 0 Å². The fraction of sp³-hybridized carbons (Fsp3) is 0.211. The molecular weight excluding hydrogens is 413 g/mol. The quantitative estimate of drug-likeness (QED) is 0.486. The van der Waals surface area contributed by atoms with E-state index in [1.165, 1.54) is 18.4 Å². The highest BCUT2D eigenvalue weighted by atomic mass is 35.5. The van der Waals surface area contributed by atoms with Crippen molar-refractivity contribution in [3.05, 3.63) is 76.6 Å². The summed E-state index contributed by atoms with van der Waals surface area (Å²) >= 11 is 11.1. The van der Waals surface area contributed by atoms with Gasteiger partial charge in [0.1, 0.15) is 17.3 Å². The first-order chi connectivity index (χ1) is 13.2. The van der Waals surface area contributed by atoms with E-state index >= 15 is 0 Å². The fourth-order valence-corrected chi connectivity index (χ4v) is 3.01. The third kappa shape index (κ3) is 5.08. The van der Waals surface area contributed by atoms with Gasteiger partial charge in [-0.3, -0.25) is 0 Å². The molecule has 0 aliphatic rings. The Labute approximate surface area is 169 Å². The van der Waals surface area contributed by atoms with Crippen molar-refractivity contribution in [1.82, 2.24) is 4.90 Å². The average Bonchev–Trinajstić information content (AvgIpc) is 3.26. The largest absolute Gasteiger partial charge is 0.467 e. The van der Waals surface area contributed by atoms with Crippen molar-refractivity contribution in [1.29, 1.82) is 0 Å². The lowest BCUT2D eigenvalue weighted by molar-refractivity contribution is -0.136. The second-order valence-electron chi connectivity index (χ2n) is 6.07. The Morgan fingerprint density at radius 3 is 2.50 bits per heavy atom. The molecule has 148 valence electrons. The lowest BCUT2D eigenvalue weighted by Gasteiger charge is -2.25. The van der Waals surface area contributed by atoms with Crippen molar-refractivity contribution in [3.63, 3.8) is 0 Å². The second-order valence-corrected chi connectivity index (χ2v) is 6.89. The summed E-state index contributed by atoms with van der Waals surface area (Å²) in [6.45, 7) is 2.32. The first-order valence-electron chi connectivity index (χ1n) is 8.23. The maximum atomic E-state index is 13.3. The van der Waals surface area contributed by atoms with Crippen molar-refractivity contribution < 1.29 is 22.0 Å². The van der Waals surface area contributed by atoms with Crippen LogP contribution in [0.1, 0.15) is 22.8 Å². The Morgan fingerprint density at radius 2 is 1.89 bits per heavy atom. The number of thiocarbonyl (C=S) groups is 1. The van der Waals surface area contributed by atoms with Crippen LogP contribution in [0.3, 0.4) is 0 Å². The summed E-state index contributed by atoms with van der Waals surface area (Å²) in [5, 5.41) is 2.76. The van der Waals surface area contributed by atoms with E-state index < -0.39 is 11.7 Å². The number of halogens is 4. The number of furan rings is 2. The maximum absolute atomic E-state index is 13.3. The van der Waals surface area contributed by atoms with Gasteiger partial charge in [0.25, 0.3) is 0 Å². The zero-order valence-electron chi connectivity index (χ0n) is 14.7. The molecule has 0 spiro atoms. The van der Waals surface area contributed by atoms with E-state index in [9.17, 15) is 13.2 Å². The highest BCUT2D eigenvalue weighted by Crippen LogP contribution is 2.36. The SMILES string of the molecule is Cc1ccc(CN(Cc2ccco2)C(=S)Nc2ccc(Cl)cc2C(F)(F)F)o1. The van der Waals surface area contributed by atoms with E-state index in [4.69, 9.17) is 32.7 Å². The molecule has 0 aliphatic carbocycles. The predicted molar refractivity (Wildman–Crippen MR) is 104 cm³/mol. The molecule has 4 nitrogen and oxygen atoms in total. The first kappa shape index (κ1) is 20.3. The number of rotatable bonds is 5. The number of alkyl halides is 3. The van der Waals surface area contributed by atoms with Crippen LogP contribution in [0, 0.1) is 6.92 Å². The van der Waals surface area contributed by atoms with E-state index in [2.05, 4.69) is 5.32 Å². The zero-order chi connectivity index (χ0) is 20.3. The molecule has 28 heavy (non-hydrogen) atoms. The number of benzene rings is 1. The van der Waals surface area contributed by atoms with Crippen LogP contribution >= 0.6 is 23.8 Å². The number of hydrogen-bond acceptors (Lipinski definition) is 3. The molecule has 2 aromatic heterocycles.